The van der Waals surface area contributed by atoms with Crippen LogP contribution in [0.1, 0.15) is 41.2 Å². The molecule has 0 saturated heterocycles. The van der Waals surface area contributed by atoms with Crippen molar-refractivity contribution in [2.75, 3.05) is 0 Å². The van der Waals surface area contributed by atoms with E-state index in [9.17, 15) is 0 Å². The number of nitrogens with zero attached hydrogens (tertiary/aromatic N) is 6. The van der Waals surface area contributed by atoms with Gasteiger partial charge in [0.05, 0.1) is 11.4 Å². The molecule has 0 N–H and O–H groups in total. The number of pyridine rings is 4. The van der Waals surface area contributed by atoms with Crippen molar-refractivity contribution in [3.63, 3.8) is 0 Å². The van der Waals surface area contributed by atoms with Gasteiger partial charge in [0.2, 0.25) is 0 Å². The highest BCUT2D eigenvalue weighted by molar-refractivity contribution is 5.48. The molecule has 39 heavy (non-hydrogen) atoms. The molecule has 0 bridgehead atoms. The Morgan fingerprint density at radius 2 is 1.26 bits per heavy atom. The third kappa shape index (κ3) is 7.19. The average Bonchev–Trinajstić information content (AvgIpc) is 3.59. The molecule has 6 heterocycles. The number of hydrogen-bond donors (Lipinski definition) is 0. The molecule has 0 aliphatic rings. The van der Waals surface area contributed by atoms with Gasteiger partial charge in [0.25, 0.3) is 0 Å². The first-order valence-corrected chi connectivity index (χ1v) is 12.9. The lowest BCUT2D eigenvalue weighted by Gasteiger charge is -1.94. The first-order chi connectivity index (χ1) is 19.2. The van der Waals surface area contributed by atoms with Gasteiger partial charge in [-0.05, 0) is 66.8 Å². The summed E-state index contributed by atoms with van der Waals surface area (Å²) in [5.41, 5.74) is 6.99. The molecule has 0 aromatic carbocycles. The predicted octanol–water partition coefficient (Wildman–Crippen LogP) is 5.74. The number of fused-ring (bicyclic) bond motifs is 2. The molecular formula is C33H28N6. The molecule has 0 unspecified atom stereocenters. The van der Waals surface area contributed by atoms with Gasteiger partial charge in [0.1, 0.15) is 22.7 Å². The van der Waals surface area contributed by atoms with Gasteiger partial charge in [-0.15, -0.1) is 0 Å². The minimum atomic E-state index is 0.791. The zero-order chi connectivity index (χ0) is 26.7. The highest BCUT2D eigenvalue weighted by Gasteiger charge is 2.02. The fourth-order valence-corrected chi connectivity index (χ4v) is 3.99. The quantitative estimate of drug-likeness (QED) is 0.285. The van der Waals surface area contributed by atoms with E-state index in [1.165, 1.54) is 5.56 Å². The van der Waals surface area contributed by atoms with Crippen LogP contribution in [0.25, 0.3) is 11.3 Å². The molecule has 0 amide bonds. The number of imidazole rings is 2. The first kappa shape index (κ1) is 25.4. The molecular weight excluding hydrogens is 480 g/mol. The molecule has 6 aromatic rings. The summed E-state index contributed by atoms with van der Waals surface area (Å²) in [5.74, 6) is 12.4. The first-order valence-electron chi connectivity index (χ1n) is 12.9. The largest absolute Gasteiger partial charge is 0.307 e. The van der Waals surface area contributed by atoms with E-state index in [4.69, 9.17) is 0 Å². The second kappa shape index (κ2) is 12.9. The van der Waals surface area contributed by atoms with Crippen LogP contribution in [0, 0.1) is 30.6 Å². The van der Waals surface area contributed by atoms with Crippen LogP contribution in [-0.2, 0) is 12.8 Å². The second-order valence-corrected chi connectivity index (χ2v) is 8.89. The number of hydrogen-bond acceptors (Lipinski definition) is 4. The van der Waals surface area contributed by atoms with E-state index in [2.05, 4.69) is 73.4 Å². The monoisotopic (exact) mass is 508 g/mol. The van der Waals surface area contributed by atoms with E-state index >= 15 is 0 Å². The molecule has 6 heteroatoms. The summed E-state index contributed by atoms with van der Waals surface area (Å²) in [5, 5.41) is 0. The molecule has 0 radical (unpaired) electrons. The Bertz CT molecular complexity index is 1740. The van der Waals surface area contributed by atoms with Crippen molar-refractivity contribution >= 4 is 11.3 Å². The van der Waals surface area contributed by atoms with Crippen LogP contribution in [-0.4, -0.2) is 28.7 Å². The van der Waals surface area contributed by atoms with Gasteiger partial charge in [0.15, 0.2) is 0 Å². The molecule has 0 aliphatic heterocycles. The summed E-state index contributed by atoms with van der Waals surface area (Å²) in [7, 11) is 0. The highest BCUT2D eigenvalue weighted by Crippen LogP contribution is 2.11. The zero-order valence-electron chi connectivity index (χ0n) is 21.8. The Morgan fingerprint density at radius 3 is 1.87 bits per heavy atom. The lowest BCUT2D eigenvalue weighted by molar-refractivity contribution is 0.982. The molecule has 0 saturated carbocycles. The molecule has 0 spiro atoms. The maximum absolute atomic E-state index is 4.64. The molecule has 6 rings (SSSR count). The van der Waals surface area contributed by atoms with Gasteiger partial charge in [0, 0.05) is 62.9 Å². The third-order valence-electron chi connectivity index (χ3n) is 5.92. The van der Waals surface area contributed by atoms with Gasteiger partial charge < -0.3 is 8.80 Å². The molecule has 0 aliphatic carbocycles. The van der Waals surface area contributed by atoms with E-state index in [1.807, 2.05) is 77.5 Å². The fourth-order valence-electron chi connectivity index (χ4n) is 3.99. The maximum Gasteiger partial charge on any atom is 0.139 e. The van der Waals surface area contributed by atoms with Crippen LogP contribution in [0.15, 0.2) is 104 Å². The molecule has 6 aromatic heterocycles. The normalized spacial score (nSPS) is 10.2. The van der Waals surface area contributed by atoms with Gasteiger partial charge in [-0.1, -0.05) is 36.1 Å². The summed E-state index contributed by atoms with van der Waals surface area (Å²) in [6.45, 7) is 2.08. The summed E-state index contributed by atoms with van der Waals surface area (Å²) >= 11 is 0. The Morgan fingerprint density at radius 1 is 0.641 bits per heavy atom. The minimum Gasteiger partial charge on any atom is -0.307 e. The van der Waals surface area contributed by atoms with E-state index in [0.717, 1.165) is 59.8 Å². The summed E-state index contributed by atoms with van der Waals surface area (Å²) in [6.07, 6.45) is 15.0. The molecule has 190 valence electrons. The van der Waals surface area contributed by atoms with Crippen LogP contribution in [0.5, 0.6) is 0 Å². The van der Waals surface area contributed by atoms with E-state index in [0.29, 0.717) is 0 Å². The van der Waals surface area contributed by atoms with Crippen molar-refractivity contribution in [1.82, 2.24) is 28.7 Å². The van der Waals surface area contributed by atoms with E-state index in [1.54, 1.807) is 12.4 Å². The number of rotatable bonds is 4. The highest BCUT2D eigenvalue weighted by atomic mass is 15.0. The van der Waals surface area contributed by atoms with E-state index in [-0.39, 0.29) is 0 Å². The number of aryl methyl sites for hydroxylation is 3. The van der Waals surface area contributed by atoms with Crippen molar-refractivity contribution < 1.29 is 0 Å². The topological polar surface area (TPSA) is 60.4 Å². The number of aromatic nitrogens is 6. The summed E-state index contributed by atoms with van der Waals surface area (Å²) < 4.78 is 4.10. The minimum absolute atomic E-state index is 0.791. The van der Waals surface area contributed by atoms with Crippen molar-refractivity contribution in [1.29, 1.82) is 0 Å². The van der Waals surface area contributed by atoms with Crippen molar-refractivity contribution in [2.45, 2.75) is 32.6 Å². The summed E-state index contributed by atoms with van der Waals surface area (Å²) in [6, 6.07) is 21.6. The standard InChI is InChI=1S/C17H15N3.C16H13N3/c1-14-7-6-12-20-13-16(19-17(14)20)10-3-2-8-15-9-4-5-11-18-15;1(7-14-8-3-5-11-17-14)2-9-15-13-19-12-6-4-10-16(19)18-15/h4-7,9,11-13H,3,10H2,1H3;3-6,8,10-13H,2,9H2. The SMILES string of the molecule is C(#Cc1ccccn1)CCc1cn2ccccc2n1.Cc1cccn2cc(CCC#Cc3ccccn3)nc12. The Kier molecular flexibility index (Phi) is 8.39. The van der Waals surface area contributed by atoms with Gasteiger partial charge in [-0.3, -0.25) is 0 Å². The molecule has 0 fully saturated rings. The van der Waals surface area contributed by atoms with Crippen LogP contribution in [0.2, 0.25) is 0 Å². The van der Waals surface area contributed by atoms with Crippen molar-refractivity contribution in [3.05, 3.63) is 132 Å². The second-order valence-electron chi connectivity index (χ2n) is 8.89. The average molecular weight is 509 g/mol. The fraction of sp³-hybridized carbons (Fsp3) is 0.152. The van der Waals surface area contributed by atoms with Gasteiger partial charge >= 0.3 is 0 Å². The maximum atomic E-state index is 4.64. The van der Waals surface area contributed by atoms with E-state index < -0.39 is 0 Å². The van der Waals surface area contributed by atoms with Crippen LogP contribution in [0.4, 0.5) is 0 Å². The van der Waals surface area contributed by atoms with Gasteiger partial charge in [-0.25, -0.2) is 19.9 Å². The lowest BCUT2D eigenvalue weighted by atomic mass is 10.2. The Hall–Kier alpha value is -5.20. The predicted molar refractivity (Wildman–Crippen MR) is 154 cm³/mol. The van der Waals surface area contributed by atoms with Crippen molar-refractivity contribution in [2.24, 2.45) is 0 Å². The molecule has 0 atom stereocenters. The van der Waals surface area contributed by atoms with Crippen LogP contribution in [0.3, 0.4) is 0 Å². The summed E-state index contributed by atoms with van der Waals surface area (Å²) in [4.78, 5) is 17.5. The van der Waals surface area contributed by atoms with Crippen LogP contribution < -0.4 is 0 Å². The van der Waals surface area contributed by atoms with Crippen LogP contribution >= 0.6 is 0 Å². The van der Waals surface area contributed by atoms with Gasteiger partial charge in [-0.2, -0.15) is 0 Å². The lowest BCUT2D eigenvalue weighted by Crippen LogP contribution is -1.84. The third-order valence-corrected chi connectivity index (χ3v) is 5.92. The Labute approximate surface area is 228 Å². The molecule has 6 nitrogen and oxygen atoms in total. The zero-order valence-corrected chi connectivity index (χ0v) is 21.8. The smallest absolute Gasteiger partial charge is 0.139 e. The Balaban J connectivity index is 0.000000158. The van der Waals surface area contributed by atoms with Crippen molar-refractivity contribution in [3.8, 4) is 23.7 Å².